The first-order chi connectivity index (χ1) is 18.5. The van der Waals surface area contributed by atoms with Gasteiger partial charge < -0.3 is 19.9 Å². The average molecular weight is 533 g/mol. The molecule has 1 amide bonds. The number of β-amino-alcohol motifs (C(OH)–C–C–N with tert-alkyl or cyclic N) is 1. The molecule has 1 fully saturated rings. The van der Waals surface area contributed by atoms with E-state index >= 15 is 0 Å². The number of ether oxygens (including phenoxy) is 2. The molecule has 1 unspecified atom stereocenters. The van der Waals surface area contributed by atoms with Gasteiger partial charge in [0.05, 0.1) is 21.8 Å². The van der Waals surface area contributed by atoms with E-state index in [9.17, 15) is 9.90 Å². The highest BCUT2D eigenvalue weighted by molar-refractivity contribution is 7.18. The molecule has 1 aliphatic rings. The summed E-state index contributed by atoms with van der Waals surface area (Å²) in [5, 5.41) is 14.5. The van der Waals surface area contributed by atoms with E-state index < -0.39 is 6.10 Å². The molecule has 1 saturated heterocycles. The van der Waals surface area contributed by atoms with Crippen molar-refractivity contribution in [3.8, 4) is 17.2 Å². The number of hydrogen-bond acceptors (Lipinski definition) is 8. The first kappa shape index (κ1) is 26.1. The van der Waals surface area contributed by atoms with Crippen LogP contribution >= 0.6 is 11.3 Å². The summed E-state index contributed by atoms with van der Waals surface area (Å²) < 4.78 is 12.7. The van der Waals surface area contributed by atoms with Gasteiger partial charge in [0.15, 0.2) is 0 Å². The Hall–Kier alpha value is -3.50. The van der Waals surface area contributed by atoms with Crippen LogP contribution in [-0.2, 0) is 4.79 Å². The van der Waals surface area contributed by atoms with Crippen LogP contribution in [0.5, 0.6) is 17.2 Å². The Kier molecular flexibility index (Phi) is 8.50. The monoisotopic (exact) mass is 532 g/mol. The maximum absolute atomic E-state index is 12.6. The van der Waals surface area contributed by atoms with E-state index in [-0.39, 0.29) is 12.5 Å². The number of nitrogens with zero attached hydrogens (tertiary/aromatic N) is 3. The number of anilines is 1. The van der Waals surface area contributed by atoms with Gasteiger partial charge in [-0.05, 0) is 55.5 Å². The summed E-state index contributed by atoms with van der Waals surface area (Å²) >= 11 is 1.66. The van der Waals surface area contributed by atoms with Crippen molar-refractivity contribution in [3.05, 3.63) is 77.8 Å². The fourth-order valence-electron chi connectivity index (χ4n) is 4.42. The predicted octanol–water partition coefficient (Wildman–Crippen LogP) is 4.39. The van der Waals surface area contributed by atoms with E-state index in [4.69, 9.17) is 9.47 Å². The molecule has 0 spiro atoms. The number of hydrogen-bond donors (Lipinski definition) is 2. The summed E-state index contributed by atoms with van der Waals surface area (Å²) in [6, 6.07) is 22.8. The van der Waals surface area contributed by atoms with E-state index in [1.54, 1.807) is 11.3 Å². The summed E-state index contributed by atoms with van der Waals surface area (Å²) in [4.78, 5) is 21.4. The number of aromatic nitrogens is 1. The van der Waals surface area contributed by atoms with Crippen LogP contribution in [0.3, 0.4) is 0 Å². The highest BCUT2D eigenvalue weighted by Crippen LogP contribution is 2.26. The van der Waals surface area contributed by atoms with Crippen molar-refractivity contribution in [3.63, 3.8) is 0 Å². The predicted molar refractivity (Wildman–Crippen MR) is 150 cm³/mol. The maximum atomic E-state index is 12.6. The molecule has 3 aromatic carbocycles. The first-order valence-electron chi connectivity index (χ1n) is 12.8. The molecule has 2 N–H and O–H groups in total. The van der Waals surface area contributed by atoms with Crippen LogP contribution in [0.15, 0.2) is 72.8 Å². The second kappa shape index (κ2) is 12.4. The number of piperazine rings is 1. The number of rotatable bonds is 10. The Morgan fingerprint density at radius 3 is 2.42 bits per heavy atom. The molecule has 0 saturated carbocycles. The smallest absolute Gasteiger partial charge is 0.238 e. The fraction of sp³-hybridized carbons (Fsp3) is 0.310. The zero-order valence-corrected chi connectivity index (χ0v) is 22.2. The minimum Gasteiger partial charge on any atom is -0.491 e. The molecular formula is C29H32N4O4S. The molecule has 1 aromatic heterocycles. The van der Waals surface area contributed by atoms with Gasteiger partial charge in [0.1, 0.15) is 30.0 Å². The summed E-state index contributed by atoms with van der Waals surface area (Å²) in [6.45, 7) is 6.21. The molecule has 1 atom stereocenters. The summed E-state index contributed by atoms with van der Waals surface area (Å²) in [7, 11) is 0. The van der Waals surface area contributed by atoms with Crippen molar-refractivity contribution in [1.29, 1.82) is 0 Å². The van der Waals surface area contributed by atoms with Crippen molar-refractivity contribution in [1.82, 2.24) is 14.8 Å². The van der Waals surface area contributed by atoms with E-state index in [1.165, 1.54) is 0 Å². The van der Waals surface area contributed by atoms with Gasteiger partial charge in [0.2, 0.25) is 5.91 Å². The van der Waals surface area contributed by atoms with Crippen molar-refractivity contribution < 1.29 is 19.4 Å². The number of aliphatic hydroxyl groups excluding tert-OH is 1. The van der Waals surface area contributed by atoms with E-state index in [0.717, 1.165) is 58.6 Å². The van der Waals surface area contributed by atoms with E-state index in [1.807, 2.05) is 79.7 Å². The summed E-state index contributed by atoms with van der Waals surface area (Å²) in [5.74, 6) is 2.16. The lowest BCUT2D eigenvalue weighted by atomic mass is 10.2. The molecule has 1 aliphatic heterocycles. The molecule has 198 valence electrons. The number of para-hydroxylation sites is 1. The van der Waals surface area contributed by atoms with E-state index in [2.05, 4.69) is 20.1 Å². The van der Waals surface area contributed by atoms with Gasteiger partial charge in [0, 0.05) is 44.5 Å². The average Bonchev–Trinajstić information content (AvgIpc) is 3.29. The van der Waals surface area contributed by atoms with Gasteiger partial charge in [-0.3, -0.25) is 14.6 Å². The Morgan fingerprint density at radius 2 is 1.66 bits per heavy atom. The molecule has 2 heterocycles. The molecule has 0 radical (unpaired) electrons. The number of nitrogens with one attached hydrogen (secondary N) is 1. The highest BCUT2D eigenvalue weighted by atomic mass is 32.1. The molecule has 0 bridgehead atoms. The van der Waals surface area contributed by atoms with Gasteiger partial charge >= 0.3 is 0 Å². The third-order valence-electron chi connectivity index (χ3n) is 6.33. The van der Waals surface area contributed by atoms with Crippen molar-refractivity contribution >= 4 is 33.1 Å². The SMILES string of the molecule is Cc1nc2cc(OCC(O)CN3CCN(CC(=O)Nc4ccc(Oc5ccccc5)cc4)CC3)ccc2s1. The van der Waals surface area contributed by atoms with Crippen LogP contribution < -0.4 is 14.8 Å². The lowest BCUT2D eigenvalue weighted by Gasteiger charge is -2.35. The minimum atomic E-state index is -0.591. The van der Waals surface area contributed by atoms with Crippen LogP contribution in [0.4, 0.5) is 5.69 Å². The van der Waals surface area contributed by atoms with Crippen molar-refractivity contribution in [2.24, 2.45) is 0 Å². The number of aryl methyl sites for hydroxylation is 1. The van der Waals surface area contributed by atoms with Gasteiger partial charge in [-0.15, -0.1) is 11.3 Å². The maximum Gasteiger partial charge on any atom is 0.238 e. The number of aliphatic hydroxyl groups is 1. The Bertz CT molecular complexity index is 1340. The van der Waals surface area contributed by atoms with Gasteiger partial charge in [-0.2, -0.15) is 0 Å². The third kappa shape index (κ3) is 7.29. The first-order valence-corrected chi connectivity index (χ1v) is 13.6. The van der Waals surface area contributed by atoms with Crippen LogP contribution in [0.2, 0.25) is 0 Å². The van der Waals surface area contributed by atoms with Crippen molar-refractivity contribution in [2.75, 3.05) is 51.2 Å². The number of thiazole rings is 1. The molecule has 4 aromatic rings. The van der Waals surface area contributed by atoms with Crippen LogP contribution in [-0.4, -0.2) is 77.8 Å². The minimum absolute atomic E-state index is 0.0455. The Morgan fingerprint density at radius 1 is 0.974 bits per heavy atom. The number of fused-ring (bicyclic) bond motifs is 1. The van der Waals surface area contributed by atoms with Gasteiger partial charge in [0.25, 0.3) is 0 Å². The van der Waals surface area contributed by atoms with Crippen LogP contribution in [0.25, 0.3) is 10.2 Å². The molecule has 5 rings (SSSR count). The highest BCUT2D eigenvalue weighted by Gasteiger charge is 2.21. The number of benzene rings is 3. The topological polar surface area (TPSA) is 87.2 Å². The largest absolute Gasteiger partial charge is 0.491 e. The fourth-order valence-corrected chi connectivity index (χ4v) is 5.23. The zero-order valence-electron chi connectivity index (χ0n) is 21.4. The lowest BCUT2D eigenvalue weighted by Crippen LogP contribution is -2.50. The second-order valence-corrected chi connectivity index (χ2v) is 10.6. The van der Waals surface area contributed by atoms with Crippen LogP contribution in [0.1, 0.15) is 5.01 Å². The molecule has 0 aliphatic carbocycles. The number of carbonyl (C=O) groups is 1. The van der Waals surface area contributed by atoms with E-state index in [0.29, 0.717) is 18.8 Å². The molecule has 9 heteroatoms. The molecular weight excluding hydrogens is 500 g/mol. The van der Waals surface area contributed by atoms with Gasteiger partial charge in [-0.1, -0.05) is 18.2 Å². The number of amides is 1. The van der Waals surface area contributed by atoms with Gasteiger partial charge in [-0.25, -0.2) is 4.98 Å². The van der Waals surface area contributed by atoms with Crippen LogP contribution in [0, 0.1) is 6.92 Å². The lowest BCUT2D eigenvalue weighted by molar-refractivity contribution is -0.117. The summed E-state index contributed by atoms with van der Waals surface area (Å²) in [6.07, 6.45) is -0.591. The third-order valence-corrected chi connectivity index (χ3v) is 7.28. The molecule has 38 heavy (non-hydrogen) atoms. The Balaban J connectivity index is 0.999. The second-order valence-electron chi connectivity index (χ2n) is 9.39. The zero-order chi connectivity index (χ0) is 26.3. The number of carbonyl (C=O) groups excluding carboxylic acids is 1. The standard InChI is InChI=1S/C29H32N4O4S/c1-21-30-27-17-26(11-12-28(27)38-21)36-20-23(34)18-32-13-15-33(16-14-32)19-29(35)31-22-7-9-25(10-8-22)37-24-5-3-2-4-6-24/h2-12,17,23,34H,13-16,18-20H2,1H3,(H,31,35). The summed E-state index contributed by atoms with van der Waals surface area (Å²) in [5.41, 5.74) is 1.66. The van der Waals surface area contributed by atoms with Crippen molar-refractivity contribution in [2.45, 2.75) is 13.0 Å². The Labute approximate surface area is 226 Å². The quantitative estimate of drug-likeness (QED) is 0.313. The molecule has 8 nitrogen and oxygen atoms in total. The normalized spacial score (nSPS) is 15.3.